The molecule has 0 saturated carbocycles. The third-order valence-corrected chi connectivity index (χ3v) is 7.70. The third kappa shape index (κ3) is 5.80. The van der Waals surface area contributed by atoms with Crippen LogP contribution in [0.1, 0.15) is 32.3 Å². The fourth-order valence-corrected chi connectivity index (χ4v) is 5.58. The van der Waals surface area contributed by atoms with E-state index in [0.29, 0.717) is 55.1 Å². The predicted molar refractivity (Wildman–Crippen MR) is 139 cm³/mol. The van der Waals surface area contributed by atoms with Gasteiger partial charge in [0, 0.05) is 32.4 Å². The van der Waals surface area contributed by atoms with Crippen molar-refractivity contribution in [1.82, 2.24) is 24.2 Å². The van der Waals surface area contributed by atoms with Crippen molar-refractivity contribution in [3.8, 4) is 17.1 Å². The molecule has 1 saturated heterocycles. The van der Waals surface area contributed by atoms with Crippen molar-refractivity contribution in [2.24, 2.45) is 0 Å². The van der Waals surface area contributed by atoms with Crippen molar-refractivity contribution in [2.75, 3.05) is 46.0 Å². The van der Waals surface area contributed by atoms with Crippen LogP contribution in [0, 0.1) is 6.92 Å². The molecule has 0 amide bonds. The van der Waals surface area contributed by atoms with Crippen LogP contribution in [0.15, 0.2) is 34.1 Å². The van der Waals surface area contributed by atoms with Gasteiger partial charge in [-0.1, -0.05) is 6.92 Å². The Morgan fingerprint density at radius 2 is 1.97 bits per heavy atom. The molecule has 1 fully saturated rings. The number of nitrogens with one attached hydrogen (secondary N) is 2. The summed E-state index contributed by atoms with van der Waals surface area (Å²) in [5, 5.41) is 0.538. The lowest BCUT2D eigenvalue weighted by Crippen LogP contribution is -2.38. The van der Waals surface area contributed by atoms with Crippen LogP contribution in [0.2, 0.25) is 0 Å². The molecule has 0 atom stereocenters. The van der Waals surface area contributed by atoms with Gasteiger partial charge in [-0.25, -0.2) is 18.1 Å². The van der Waals surface area contributed by atoms with E-state index in [4.69, 9.17) is 14.5 Å². The summed E-state index contributed by atoms with van der Waals surface area (Å²) in [5.74, 6) is 0.729. The van der Waals surface area contributed by atoms with E-state index in [-0.39, 0.29) is 16.3 Å². The minimum absolute atomic E-state index is 0.0928. The molecule has 1 aromatic carbocycles. The maximum atomic E-state index is 13.1. The van der Waals surface area contributed by atoms with E-state index in [1.54, 1.807) is 6.07 Å². The molecule has 10 nitrogen and oxygen atoms in total. The minimum Gasteiger partial charge on any atom is -0.493 e. The zero-order chi connectivity index (χ0) is 25.7. The largest absolute Gasteiger partial charge is 0.493 e. The van der Waals surface area contributed by atoms with Crippen LogP contribution < -0.4 is 15.0 Å². The normalized spacial score (nSPS) is 15.0. The molecular weight excluding hydrogens is 482 g/mol. The van der Waals surface area contributed by atoms with E-state index in [2.05, 4.69) is 21.5 Å². The Labute approximate surface area is 211 Å². The van der Waals surface area contributed by atoms with E-state index < -0.39 is 10.0 Å². The second-order valence-corrected chi connectivity index (χ2v) is 10.7. The van der Waals surface area contributed by atoms with Gasteiger partial charge in [-0.15, -0.1) is 0 Å². The Kier molecular flexibility index (Phi) is 8.45. The van der Waals surface area contributed by atoms with Crippen LogP contribution in [0.25, 0.3) is 22.4 Å². The van der Waals surface area contributed by atoms with Gasteiger partial charge in [0.25, 0.3) is 5.56 Å². The quantitative estimate of drug-likeness (QED) is 0.375. The molecule has 3 heterocycles. The van der Waals surface area contributed by atoms with E-state index in [1.165, 1.54) is 12.1 Å². The first kappa shape index (κ1) is 26.3. The molecular formula is C25H35N5O5S. The topological polar surface area (TPSA) is 119 Å². The first-order valence-corrected chi connectivity index (χ1v) is 14.0. The number of benzene rings is 1. The van der Waals surface area contributed by atoms with Crippen LogP contribution in [-0.4, -0.2) is 73.9 Å². The first-order valence-electron chi connectivity index (χ1n) is 12.5. The molecule has 1 aliphatic heterocycles. The van der Waals surface area contributed by atoms with Gasteiger partial charge in [0.05, 0.1) is 35.7 Å². The highest BCUT2D eigenvalue weighted by Crippen LogP contribution is 2.31. The summed E-state index contributed by atoms with van der Waals surface area (Å²) in [7, 11) is -3.76. The van der Waals surface area contributed by atoms with Gasteiger partial charge in [0.2, 0.25) is 10.0 Å². The summed E-state index contributed by atoms with van der Waals surface area (Å²) in [4.78, 5) is 22.9. The maximum absolute atomic E-state index is 13.1. The fourth-order valence-electron chi connectivity index (χ4n) is 4.48. The maximum Gasteiger partial charge on any atom is 0.260 e. The minimum atomic E-state index is -3.76. The number of hydrogen-bond acceptors (Lipinski definition) is 7. The number of hydrogen-bond donors (Lipinski definition) is 2. The first-order chi connectivity index (χ1) is 17.3. The molecule has 0 bridgehead atoms. The molecule has 196 valence electrons. The molecule has 4 rings (SSSR count). The number of nitrogens with zero attached hydrogens (tertiary/aromatic N) is 3. The fraction of sp³-hybridized carbons (Fsp3) is 0.520. The number of rotatable bonds is 11. The average molecular weight is 518 g/mol. The smallest absolute Gasteiger partial charge is 0.260 e. The Bertz CT molecular complexity index is 1360. The Morgan fingerprint density at radius 1 is 1.19 bits per heavy atom. The lowest BCUT2D eigenvalue weighted by Gasteiger charge is -2.26. The van der Waals surface area contributed by atoms with Gasteiger partial charge in [-0.05, 0) is 57.0 Å². The van der Waals surface area contributed by atoms with Crippen molar-refractivity contribution in [3.63, 3.8) is 0 Å². The van der Waals surface area contributed by atoms with Gasteiger partial charge in [-0.3, -0.25) is 9.69 Å². The van der Waals surface area contributed by atoms with Crippen LogP contribution in [0.3, 0.4) is 0 Å². The summed E-state index contributed by atoms with van der Waals surface area (Å²) < 4.78 is 41.9. The number of aryl methyl sites for hydroxylation is 2. The van der Waals surface area contributed by atoms with Gasteiger partial charge < -0.3 is 19.0 Å². The number of aromatic amines is 1. The van der Waals surface area contributed by atoms with Gasteiger partial charge in [0.1, 0.15) is 17.2 Å². The predicted octanol–water partition coefficient (Wildman–Crippen LogP) is 2.51. The number of ether oxygens (including phenoxy) is 2. The second kappa shape index (κ2) is 11.5. The standard InChI is InChI=1S/C25H35N5O5S/c1-4-10-30-17-18(3)22-24(30)27-23(28-25(22)31)20-16-19(7-8-21(20)35-5-2)36(32,33)26-9-6-11-29-12-14-34-15-13-29/h7-8,16-17,26H,4-6,9-15H2,1-3H3,(H,27,28,31). The molecule has 2 N–H and O–H groups in total. The SMILES string of the molecule is CCCn1cc(C)c2c(=O)[nH]c(-c3cc(S(=O)(=O)NCCCN4CCOCC4)ccc3OCC)nc21. The highest BCUT2D eigenvalue weighted by atomic mass is 32.2. The highest BCUT2D eigenvalue weighted by molar-refractivity contribution is 7.89. The van der Waals surface area contributed by atoms with Crippen LogP contribution in [-0.2, 0) is 21.3 Å². The molecule has 0 aliphatic carbocycles. The highest BCUT2D eigenvalue weighted by Gasteiger charge is 2.20. The van der Waals surface area contributed by atoms with Crippen molar-refractivity contribution in [3.05, 3.63) is 40.3 Å². The molecule has 0 radical (unpaired) electrons. The second-order valence-electron chi connectivity index (χ2n) is 8.91. The van der Waals surface area contributed by atoms with E-state index >= 15 is 0 Å². The summed E-state index contributed by atoms with van der Waals surface area (Å²) in [6.07, 6.45) is 3.51. The van der Waals surface area contributed by atoms with Crippen LogP contribution in [0.4, 0.5) is 0 Å². The Balaban J connectivity index is 1.62. The van der Waals surface area contributed by atoms with Crippen molar-refractivity contribution in [2.45, 2.75) is 45.1 Å². The lowest BCUT2D eigenvalue weighted by atomic mass is 10.1. The number of morpholine rings is 1. The molecule has 2 aromatic heterocycles. The van der Waals surface area contributed by atoms with E-state index in [1.807, 2.05) is 24.6 Å². The number of H-pyrrole nitrogens is 1. The monoisotopic (exact) mass is 517 g/mol. The van der Waals surface area contributed by atoms with Gasteiger partial charge in [-0.2, -0.15) is 0 Å². The molecule has 3 aromatic rings. The summed E-state index contributed by atoms with van der Waals surface area (Å²) in [6, 6.07) is 4.64. The van der Waals surface area contributed by atoms with E-state index in [0.717, 1.165) is 38.2 Å². The zero-order valence-electron chi connectivity index (χ0n) is 21.2. The van der Waals surface area contributed by atoms with Crippen molar-refractivity contribution in [1.29, 1.82) is 0 Å². The van der Waals surface area contributed by atoms with Crippen LogP contribution >= 0.6 is 0 Å². The zero-order valence-corrected chi connectivity index (χ0v) is 22.0. The number of sulfonamides is 1. The van der Waals surface area contributed by atoms with Crippen molar-refractivity contribution < 1.29 is 17.9 Å². The number of aromatic nitrogens is 3. The van der Waals surface area contributed by atoms with Crippen molar-refractivity contribution >= 4 is 21.1 Å². The number of fused-ring (bicyclic) bond motifs is 1. The molecule has 36 heavy (non-hydrogen) atoms. The molecule has 0 unspecified atom stereocenters. The molecule has 1 aliphatic rings. The Morgan fingerprint density at radius 3 is 2.69 bits per heavy atom. The average Bonchev–Trinajstić information content (AvgIpc) is 3.18. The van der Waals surface area contributed by atoms with Gasteiger partial charge in [0.15, 0.2) is 0 Å². The third-order valence-electron chi connectivity index (χ3n) is 6.24. The lowest BCUT2D eigenvalue weighted by molar-refractivity contribution is 0.0376. The van der Waals surface area contributed by atoms with Crippen LogP contribution in [0.5, 0.6) is 5.75 Å². The summed E-state index contributed by atoms with van der Waals surface area (Å²) >= 11 is 0. The summed E-state index contributed by atoms with van der Waals surface area (Å²) in [5.41, 5.74) is 1.58. The van der Waals surface area contributed by atoms with Gasteiger partial charge >= 0.3 is 0 Å². The Hall–Kier alpha value is -2.73. The van der Waals surface area contributed by atoms with E-state index in [9.17, 15) is 13.2 Å². The molecule has 11 heteroatoms. The summed E-state index contributed by atoms with van der Waals surface area (Å²) in [6.45, 7) is 11.2. The molecule has 0 spiro atoms.